The first-order chi connectivity index (χ1) is 9.42. The van der Waals surface area contributed by atoms with Crippen molar-refractivity contribution in [3.8, 4) is 0 Å². The molecule has 20 heavy (non-hydrogen) atoms. The third kappa shape index (κ3) is 5.72. The third-order valence-corrected chi connectivity index (χ3v) is 3.01. The van der Waals surface area contributed by atoms with Crippen LogP contribution >= 0.6 is 11.6 Å². The van der Waals surface area contributed by atoms with Gasteiger partial charge in [-0.3, -0.25) is 14.5 Å². The number of halogens is 1. The van der Waals surface area contributed by atoms with E-state index in [4.69, 9.17) is 11.6 Å². The molecule has 5 heteroatoms. The molecule has 0 heterocycles. The predicted molar refractivity (Wildman–Crippen MR) is 81.2 cm³/mol. The van der Waals surface area contributed by atoms with Crippen molar-refractivity contribution in [2.45, 2.75) is 26.8 Å². The van der Waals surface area contributed by atoms with Gasteiger partial charge in [-0.15, -0.1) is 0 Å². The van der Waals surface area contributed by atoms with Crippen LogP contribution in [0.3, 0.4) is 0 Å². The summed E-state index contributed by atoms with van der Waals surface area (Å²) >= 11 is 5.87. The molecule has 0 aliphatic carbocycles. The summed E-state index contributed by atoms with van der Waals surface area (Å²) in [6, 6.07) is 6.95. The van der Waals surface area contributed by atoms with E-state index < -0.39 is 0 Å². The summed E-state index contributed by atoms with van der Waals surface area (Å²) in [6.45, 7) is 6.81. The molecule has 0 radical (unpaired) electrons. The summed E-state index contributed by atoms with van der Waals surface area (Å²) in [5.74, 6) is -0.104. The van der Waals surface area contributed by atoms with Crippen LogP contribution in [-0.2, 0) is 4.79 Å². The highest BCUT2D eigenvalue weighted by Gasteiger charge is 2.15. The Labute approximate surface area is 125 Å². The number of nitrogens with zero attached hydrogens (tertiary/aromatic N) is 1. The topological polar surface area (TPSA) is 49.4 Å². The Hall–Kier alpha value is -1.39. The van der Waals surface area contributed by atoms with E-state index in [0.29, 0.717) is 17.1 Å². The highest BCUT2D eigenvalue weighted by atomic mass is 35.5. The summed E-state index contributed by atoms with van der Waals surface area (Å²) < 4.78 is 0. The minimum Gasteiger partial charge on any atom is -0.353 e. The lowest BCUT2D eigenvalue weighted by atomic mass is 10.1. The standard InChI is InChI=1S/C15H21ClN2O2/c1-4-18(10-15(20)17-11(2)3)9-14(19)12-6-5-7-13(16)8-12/h5-8,11H,4,9-10H2,1-3H3,(H,17,20). The van der Waals surface area contributed by atoms with Gasteiger partial charge < -0.3 is 5.32 Å². The number of hydrogen-bond acceptors (Lipinski definition) is 3. The van der Waals surface area contributed by atoms with Gasteiger partial charge in [-0.2, -0.15) is 0 Å². The van der Waals surface area contributed by atoms with E-state index >= 15 is 0 Å². The van der Waals surface area contributed by atoms with Crippen molar-refractivity contribution in [2.24, 2.45) is 0 Å². The molecule has 0 fully saturated rings. The fraction of sp³-hybridized carbons (Fsp3) is 0.467. The molecule has 1 N–H and O–H groups in total. The van der Waals surface area contributed by atoms with E-state index in [2.05, 4.69) is 5.32 Å². The van der Waals surface area contributed by atoms with Gasteiger partial charge in [-0.1, -0.05) is 30.7 Å². The quantitative estimate of drug-likeness (QED) is 0.786. The molecule has 0 aliphatic rings. The molecule has 0 saturated carbocycles. The molecular weight excluding hydrogens is 276 g/mol. The van der Waals surface area contributed by atoms with Crippen LogP contribution in [0.15, 0.2) is 24.3 Å². The Morgan fingerprint density at radius 1 is 1.30 bits per heavy atom. The smallest absolute Gasteiger partial charge is 0.234 e. The molecule has 0 spiro atoms. The summed E-state index contributed by atoms with van der Waals surface area (Å²) in [5.41, 5.74) is 0.570. The normalized spacial score (nSPS) is 10.9. The maximum absolute atomic E-state index is 12.1. The molecule has 0 saturated heterocycles. The zero-order valence-corrected chi connectivity index (χ0v) is 12.9. The Morgan fingerprint density at radius 2 is 2.00 bits per heavy atom. The van der Waals surface area contributed by atoms with Crippen molar-refractivity contribution >= 4 is 23.3 Å². The molecule has 0 unspecified atom stereocenters. The van der Waals surface area contributed by atoms with Gasteiger partial charge in [-0.05, 0) is 32.5 Å². The van der Waals surface area contributed by atoms with Crippen molar-refractivity contribution in [1.82, 2.24) is 10.2 Å². The number of benzene rings is 1. The first-order valence-corrected chi connectivity index (χ1v) is 7.10. The fourth-order valence-electron chi connectivity index (χ4n) is 1.81. The van der Waals surface area contributed by atoms with Crippen molar-refractivity contribution in [3.63, 3.8) is 0 Å². The van der Waals surface area contributed by atoms with Crippen LogP contribution in [0.1, 0.15) is 31.1 Å². The number of hydrogen-bond donors (Lipinski definition) is 1. The van der Waals surface area contributed by atoms with Crippen LogP contribution in [-0.4, -0.2) is 42.3 Å². The number of carbonyl (C=O) groups is 2. The molecule has 4 nitrogen and oxygen atoms in total. The lowest BCUT2D eigenvalue weighted by Crippen LogP contribution is -2.41. The molecule has 0 bridgehead atoms. The van der Waals surface area contributed by atoms with E-state index in [1.807, 2.05) is 20.8 Å². The Kier molecular flexibility index (Phi) is 6.68. The lowest BCUT2D eigenvalue weighted by molar-refractivity contribution is -0.122. The Balaban J connectivity index is 2.60. The van der Waals surface area contributed by atoms with Crippen LogP contribution in [0.5, 0.6) is 0 Å². The van der Waals surface area contributed by atoms with Gasteiger partial charge in [0.15, 0.2) is 5.78 Å². The first kappa shape index (κ1) is 16.7. The summed E-state index contributed by atoms with van der Waals surface area (Å²) in [6.07, 6.45) is 0. The van der Waals surface area contributed by atoms with Crippen LogP contribution in [0.4, 0.5) is 0 Å². The van der Waals surface area contributed by atoms with E-state index in [0.717, 1.165) is 0 Å². The van der Waals surface area contributed by atoms with Crippen LogP contribution < -0.4 is 5.32 Å². The van der Waals surface area contributed by atoms with E-state index in [-0.39, 0.29) is 30.8 Å². The average Bonchev–Trinajstić information content (AvgIpc) is 2.36. The van der Waals surface area contributed by atoms with Gasteiger partial charge in [0.2, 0.25) is 5.91 Å². The van der Waals surface area contributed by atoms with Gasteiger partial charge in [-0.25, -0.2) is 0 Å². The molecule has 0 aliphatic heterocycles. The monoisotopic (exact) mass is 296 g/mol. The maximum atomic E-state index is 12.1. The number of ketones is 1. The number of rotatable bonds is 7. The molecule has 0 aromatic heterocycles. The molecule has 0 atom stereocenters. The molecule has 1 aromatic rings. The number of carbonyl (C=O) groups excluding carboxylic acids is 2. The number of nitrogens with one attached hydrogen (secondary N) is 1. The van der Waals surface area contributed by atoms with Gasteiger partial charge >= 0.3 is 0 Å². The number of likely N-dealkylation sites (N-methyl/N-ethyl adjacent to an activating group) is 1. The van der Waals surface area contributed by atoms with Crippen molar-refractivity contribution in [3.05, 3.63) is 34.9 Å². The average molecular weight is 297 g/mol. The number of amides is 1. The van der Waals surface area contributed by atoms with E-state index in [9.17, 15) is 9.59 Å². The SMILES string of the molecule is CCN(CC(=O)NC(C)C)CC(=O)c1cccc(Cl)c1. The second-order valence-electron chi connectivity index (χ2n) is 4.96. The molecular formula is C15H21ClN2O2. The van der Waals surface area contributed by atoms with Crippen LogP contribution in [0, 0.1) is 0 Å². The minimum absolute atomic E-state index is 0.0355. The van der Waals surface area contributed by atoms with Gasteiger partial charge in [0.1, 0.15) is 0 Å². The zero-order valence-electron chi connectivity index (χ0n) is 12.1. The summed E-state index contributed by atoms with van der Waals surface area (Å²) in [7, 11) is 0. The van der Waals surface area contributed by atoms with Crippen molar-refractivity contribution in [2.75, 3.05) is 19.6 Å². The second-order valence-corrected chi connectivity index (χ2v) is 5.40. The largest absolute Gasteiger partial charge is 0.353 e. The number of Topliss-reactive ketones (excluding diaryl/α,β-unsaturated/α-hetero) is 1. The highest BCUT2D eigenvalue weighted by Crippen LogP contribution is 2.11. The zero-order chi connectivity index (χ0) is 15.1. The van der Waals surface area contributed by atoms with Crippen LogP contribution in [0.2, 0.25) is 5.02 Å². The third-order valence-electron chi connectivity index (χ3n) is 2.78. The summed E-state index contributed by atoms with van der Waals surface area (Å²) in [5, 5.41) is 3.36. The van der Waals surface area contributed by atoms with Gasteiger partial charge in [0, 0.05) is 16.6 Å². The van der Waals surface area contributed by atoms with E-state index in [1.165, 1.54) is 0 Å². The second kappa shape index (κ2) is 8.02. The van der Waals surface area contributed by atoms with E-state index in [1.54, 1.807) is 29.2 Å². The molecule has 1 aromatic carbocycles. The predicted octanol–water partition coefficient (Wildman–Crippen LogP) is 2.37. The van der Waals surface area contributed by atoms with Gasteiger partial charge in [0.05, 0.1) is 13.1 Å². The molecule has 1 rings (SSSR count). The van der Waals surface area contributed by atoms with Crippen LogP contribution in [0.25, 0.3) is 0 Å². The molecule has 1 amide bonds. The maximum Gasteiger partial charge on any atom is 0.234 e. The summed E-state index contributed by atoms with van der Waals surface area (Å²) in [4.78, 5) is 25.7. The Bertz CT molecular complexity index is 475. The first-order valence-electron chi connectivity index (χ1n) is 6.72. The minimum atomic E-state index is -0.0688. The van der Waals surface area contributed by atoms with Crippen molar-refractivity contribution in [1.29, 1.82) is 0 Å². The van der Waals surface area contributed by atoms with Gasteiger partial charge in [0.25, 0.3) is 0 Å². The molecule has 110 valence electrons. The Morgan fingerprint density at radius 3 is 2.55 bits per heavy atom. The fourth-order valence-corrected chi connectivity index (χ4v) is 2.00. The highest BCUT2D eigenvalue weighted by molar-refractivity contribution is 6.31. The lowest BCUT2D eigenvalue weighted by Gasteiger charge is -2.20. The van der Waals surface area contributed by atoms with Crippen molar-refractivity contribution < 1.29 is 9.59 Å².